The maximum atomic E-state index is 12.2. The molecular formula is C30H55N5O8S. The van der Waals surface area contributed by atoms with Crippen LogP contribution in [-0.2, 0) is 14.4 Å². The molecule has 0 radical (unpaired) electrons. The first kappa shape index (κ1) is 38.1. The van der Waals surface area contributed by atoms with Crippen molar-refractivity contribution in [2.75, 3.05) is 25.4 Å². The molecule has 254 valence electrons. The van der Waals surface area contributed by atoms with Gasteiger partial charge in [-0.05, 0) is 19.3 Å². The van der Waals surface area contributed by atoms with Crippen molar-refractivity contribution in [2.45, 2.75) is 139 Å². The summed E-state index contributed by atoms with van der Waals surface area (Å²) in [5, 5.41) is 54.2. The lowest BCUT2D eigenvalue weighted by Crippen LogP contribution is -2.54. The SMILES string of the molecule is CCCCCCCCCCCCNC(=O)[C@H](O)[C@@H](O)[C@@H](O)[C@H](O)C(=O)NCCNC(=O)CCCC[C@@H]1SC[C@@H]2NC(=O)N[C@@H]21. The van der Waals surface area contributed by atoms with Gasteiger partial charge in [0, 0.05) is 37.1 Å². The van der Waals surface area contributed by atoms with Crippen LogP contribution in [0.5, 0.6) is 0 Å². The van der Waals surface area contributed by atoms with Crippen LogP contribution in [0.4, 0.5) is 4.79 Å². The maximum Gasteiger partial charge on any atom is 0.315 e. The van der Waals surface area contributed by atoms with Gasteiger partial charge in [-0.25, -0.2) is 4.79 Å². The highest BCUT2D eigenvalue weighted by molar-refractivity contribution is 8.00. The molecule has 0 bridgehead atoms. The molecule has 0 unspecified atom stereocenters. The molecule has 14 heteroatoms. The number of hydrogen-bond acceptors (Lipinski definition) is 9. The number of unbranched alkanes of at least 4 members (excludes halogenated alkanes) is 10. The summed E-state index contributed by atoms with van der Waals surface area (Å²) in [7, 11) is 0. The van der Waals surface area contributed by atoms with Crippen LogP contribution < -0.4 is 26.6 Å². The molecule has 0 spiro atoms. The molecule has 0 saturated carbocycles. The molecular weight excluding hydrogens is 590 g/mol. The van der Waals surface area contributed by atoms with E-state index in [-0.39, 0.29) is 37.1 Å². The van der Waals surface area contributed by atoms with Crippen molar-refractivity contribution in [1.82, 2.24) is 26.6 Å². The van der Waals surface area contributed by atoms with E-state index in [4.69, 9.17) is 0 Å². The molecule has 2 aliphatic heterocycles. The molecule has 5 amide bonds. The van der Waals surface area contributed by atoms with Crippen LogP contribution in [0, 0.1) is 0 Å². The highest BCUT2D eigenvalue weighted by Crippen LogP contribution is 2.33. The molecule has 2 fully saturated rings. The lowest BCUT2D eigenvalue weighted by molar-refractivity contribution is -0.155. The van der Waals surface area contributed by atoms with Crippen LogP contribution in [0.15, 0.2) is 0 Å². The third-order valence-electron chi connectivity index (χ3n) is 8.19. The van der Waals surface area contributed by atoms with E-state index in [2.05, 4.69) is 33.5 Å². The number of carbonyl (C=O) groups excluding carboxylic acids is 4. The minimum atomic E-state index is -2.09. The fourth-order valence-corrected chi connectivity index (χ4v) is 7.01. The number of thioether (sulfide) groups is 1. The minimum Gasteiger partial charge on any atom is -0.387 e. The Kier molecular flexibility index (Phi) is 18.7. The van der Waals surface area contributed by atoms with Gasteiger partial charge in [0.2, 0.25) is 5.91 Å². The van der Waals surface area contributed by atoms with E-state index in [0.29, 0.717) is 31.1 Å². The predicted octanol–water partition coefficient (Wildman–Crippen LogP) is 0.425. The van der Waals surface area contributed by atoms with Gasteiger partial charge in [0.15, 0.2) is 12.2 Å². The second-order valence-electron chi connectivity index (χ2n) is 11.9. The summed E-state index contributed by atoms with van der Waals surface area (Å²) in [5.41, 5.74) is 0. The highest BCUT2D eigenvalue weighted by Gasteiger charge is 2.42. The zero-order valence-corrected chi connectivity index (χ0v) is 26.9. The van der Waals surface area contributed by atoms with Crippen molar-refractivity contribution in [3.8, 4) is 0 Å². The van der Waals surface area contributed by atoms with Gasteiger partial charge >= 0.3 is 6.03 Å². The molecule has 9 N–H and O–H groups in total. The number of carbonyl (C=O) groups is 4. The Balaban J connectivity index is 1.49. The van der Waals surface area contributed by atoms with Crippen molar-refractivity contribution in [3.63, 3.8) is 0 Å². The molecule has 13 nitrogen and oxygen atoms in total. The lowest BCUT2D eigenvalue weighted by atomic mass is 10.0. The summed E-state index contributed by atoms with van der Waals surface area (Å²) in [5.74, 6) is -1.20. The van der Waals surface area contributed by atoms with Crippen LogP contribution in [-0.4, -0.2) is 111 Å². The molecule has 2 heterocycles. The normalized spacial score (nSPS) is 21.8. The van der Waals surface area contributed by atoms with E-state index in [1.807, 2.05) is 11.8 Å². The quantitative estimate of drug-likeness (QED) is 0.0526. The Morgan fingerprint density at radius 1 is 0.750 bits per heavy atom. The van der Waals surface area contributed by atoms with Crippen molar-refractivity contribution < 1.29 is 39.6 Å². The van der Waals surface area contributed by atoms with Crippen LogP contribution in [0.1, 0.15) is 96.8 Å². The summed E-state index contributed by atoms with van der Waals surface area (Å²) in [6, 6.07) is 0.192. The topological polar surface area (TPSA) is 209 Å². The number of fused-ring (bicyclic) bond motifs is 1. The fraction of sp³-hybridized carbons (Fsp3) is 0.867. The van der Waals surface area contributed by atoms with Crippen molar-refractivity contribution in [3.05, 3.63) is 0 Å². The van der Waals surface area contributed by atoms with E-state index in [0.717, 1.165) is 37.9 Å². The van der Waals surface area contributed by atoms with Crippen LogP contribution >= 0.6 is 11.8 Å². The van der Waals surface area contributed by atoms with E-state index in [1.165, 1.54) is 38.5 Å². The van der Waals surface area contributed by atoms with Crippen molar-refractivity contribution in [1.29, 1.82) is 0 Å². The highest BCUT2D eigenvalue weighted by atomic mass is 32.2. The Labute approximate surface area is 265 Å². The Morgan fingerprint density at radius 2 is 1.30 bits per heavy atom. The van der Waals surface area contributed by atoms with Crippen molar-refractivity contribution >= 4 is 35.5 Å². The predicted molar refractivity (Wildman–Crippen MR) is 169 cm³/mol. The Hall–Kier alpha value is -2.13. The Morgan fingerprint density at radius 3 is 1.91 bits per heavy atom. The van der Waals surface area contributed by atoms with Gasteiger partial charge < -0.3 is 47.0 Å². The molecule has 44 heavy (non-hydrogen) atoms. The number of urea groups is 1. The second-order valence-corrected chi connectivity index (χ2v) is 13.1. The lowest BCUT2D eigenvalue weighted by Gasteiger charge is -2.25. The molecule has 0 aromatic heterocycles. The monoisotopic (exact) mass is 645 g/mol. The third kappa shape index (κ3) is 13.9. The van der Waals surface area contributed by atoms with Gasteiger partial charge in [0.25, 0.3) is 11.8 Å². The molecule has 0 aliphatic carbocycles. The molecule has 2 saturated heterocycles. The average molecular weight is 646 g/mol. The second kappa shape index (κ2) is 21.6. The first-order valence-corrected chi connectivity index (χ1v) is 17.4. The summed E-state index contributed by atoms with van der Waals surface area (Å²) >= 11 is 1.83. The summed E-state index contributed by atoms with van der Waals surface area (Å²) in [4.78, 5) is 47.9. The van der Waals surface area contributed by atoms with Crippen molar-refractivity contribution in [2.24, 2.45) is 0 Å². The smallest absolute Gasteiger partial charge is 0.315 e. The van der Waals surface area contributed by atoms with Crippen LogP contribution in [0.2, 0.25) is 0 Å². The molecule has 0 aromatic rings. The number of aliphatic hydroxyl groups excluding tert-OH is 4. The fourth-order valence-electron chi connectivity index (χ4n) is 5.47. The largest absolute Gasteiger partial charge is 0.387 e. The van der Waals surface area contributed by atoms with Crippen LogP contribution in [0.3, 0.4) is 0 Å². The summed E-state index contributed by atoms with van der Waals surface area (Å²) < 4.78 is 0. The molecule has 7 atom stereocenters. The van der Waals surface area contributed by atoms with Crippen LogP contribution in [0.25, 0.3) is 0 Å². The first-order chi connectivity index (χ1) is 21.1. The minimum absolute atomic E-state index is 0.0270. The number of amides is 5. The van der Waals surface area contributed by atoms with Gasteiger partial charge in [-0.15, -0.1) is 0 Å². The standard InChI is InChI=1S/C30H55N5O8S/c1-2-3-4-5-6-7-8-9-10-13-16-32-28(41)26(39)24(37)25(38)27(40)29(42)33-18-17-31-22(36)15-12-11-14-21-23-20(19-44-21)34-30(43)35-23/h20-21,23-27,37-40H,2-19H2,1H3,(H,31,36)(H,32,41)(H,33,42)(H2,34,35,43)/t20-,21-,23-,24-,25+,26+,27-/m0/s1. The van der Waals surface area contributed by atoms with E-state index >= 15 is 0 Å². The molecule has 2 rings (SSSR count). The third-order valence-corrected chi connectivity index (χ3v) is 9.70. The van der Waals surface area contributed by atoms with E-state index in [9.17, 15) is 39.6 Å². The number of aliphatic hydroxyl groups is 4. The number of nitrogens with one attached hydrogen (secondary N) is 5. The summed E-state index contributed by atoms with van der Waals surface area (Å²) in [6.07, 6.45) is 5.85. The van der Waals surface area contributed by atoms with Gasteiger partial charge in [0.1, 0.15) is 12.2 Å². The Bertz CT molecular complexity index is 884. The average Bonchev–Trinajstić information content (AvgIpc) is 3.57. The molecule has 0 aromatic carbocycles. The number of hydrogen-bond donors (Lipinski definition) is 9. The van der Waals surface area contributed by atoms with Gasteiger partial charge in [0.05, 0.1) is 12.1 Å². The number of rotatable bonds is 24. The van der Waals surface area contributed by atoms with E-state index < -0.39 is 36.2 Å². The molecule has 2 aliphatic rings. The van der Waals surface area contributed by atoms with Gasteiger partial charge in [-0.2, -0.15) is 11.8 Å². The maximum absolute atomic E-state index is 12.2. The van der Waals surface area contributed by atoms with Gasteiger partial charge in [-0.3, -0.25) is 14.4 Å². The van der Waals surface area contributed by atoms with Gasteiger partial charge in [-0.1, -0.05) is 71.1 Å². The summed E-state index contributed by atoms with van der Waals surface area (Å²) in [6.45, 7) is 2.58. The zero-order chi connectivity index (χ0) is 32.3. The zero-order valence-electron chi connectivity index (χ0n) is 26.1. The van der Waals surface area contributed by atoms with E-state index in [1.54, 1.807) is 0 Å². The first-order valence-electron chi connectivity index (χ1n) is 16.4.